The van der Waals surface area contributed by atoms with E-state index in [1.165, 1.54) is 6.20 Å². The number of carbonyl (C=O) groups excluding carboxylic acids is 2. The Morgan fingerprint density at radius 3 is 2.61 bits per heavy atom. The summed E-state index contributed by atoms with van der Waals surface area (Å²) >= 11 is 8.03. The number of hydrogen-bond acceptors (Lipinski definition) is 6. The third-order valence-electron chi connectivity index (χ3n) is 5.11. The molecule has 1 aliphatic heterocycles. The molecule has 0 unspecified atom stereocenters. The minimum Gasteiger partial charge on any atom is -0.462 e. The lowest BCUT2D eigenvalue weighted by Gasteiger charge is -2.35. The number of piperazine rings is 1. The predicted octanol–water partition coefficient (Wildman–Crippen LogP) is 4.49. The van der Waals surface area contributed by atoms with Gasteiger partial charge in [0.2, 0.25) is 5.91 Å². The molecule has 6 nitrogen and oxygen atoms in total. The van der Waals surface area contributed by atoms with Crippen molar-refractivity contribution < 1.29 is 14.3 Å². The number of nitrogens with zero attached hydrogens (tertiary/aromatic N) is 3. The molecule has 0 atom stereocenters. The van der Waals surface area contributed by atoms with E-state index in [9.17, 15) is 9.59 Å². The van der Waals surface area contributed by atoms with Gasteiger partial charge >= 0.3 is 5.97 Å². The zero-order valence-corrected chi connectivity index (χ0v) is 18.7. The number of esters is 1. The molecule has 1 aliphatic rings. The van der Waals surface area contributed by atoms with Crippen molar-refractivity contribution in [3.05, 3.63) is 64.1 Å². The predicted molar refractivity (Wildman–Crippen MR) is 125 cm³/mol. The van der Waals surface area contributed by atoms with Gasteiger partial charge in [0.1, 0.15) is 5.82 Å². The van der Waals surface area contributed by atoms with Gasteiger partial charge in [0.15, 0.2) is 0 Å². The van der Waals surface area contributed by atoms with Crippen LogP contribution in [0.15, 0.2) is 48.7 Å². The summed E-state index contributed by atoms with van der Waals surface area (Å²) in [6.07, 6.45) is 4.93. The van der Waals surface area contributed by atoms with Crippen LogP contribution in [-0.4, -0.2) is 54.5 Å². The molecule has 1 amide bonds. The van der Waals surface area contributed by atoms with Crippen LogP contribution < -0.4 is 4.90 Å². The van der Waals surface area contributed by atoms with Gasteiger partial charge in [-0.2, -0.15) is 0 Å². The maximum absolute atomic E-state index is 12.6. The molecule has 31 heavy (non-hydrogen) atoms. The number of benzene rings is 1. The molecule has 160 valence electrons. The van der Waals surface area contributed by atoms with Crippen molar-refractivity contribution in [2.24, 2.45) is 0 Å². The van der Waals surface area contributed by atoms with E-state index in [1.807, 2.05) is 35.2 Å². The number of pyridine rings is 1. The number of halogens is 1. The molecular weight excluding hydrogens is 434 g/mol. The largest absolute Gasteiger partial charge is 0.462 e. The van der Waals surface area contributed by atoms with Gasteiger partial charge in [0.25, 0.3) is 0 Å². The van der Waals surface area contributed by atoms with Crippen molar-refractivity contribution in [2.75, 3.05) is 37.7 Å². The number of carbonyl (C=O) groups is 2. The van der Waals surface area contributed by atoms with Crippen LogP contribution in [0.2, 0.25) is 5.02 Å². The molecule has 3 aromatic rings. The van der Waals surface area contributed by atoms with E-state index in [2.05, 4.69) is 9.88 Å². The van der Waals surface area contributed by atoms with E-state index < -0.39 is 0 Å². The first-order valence-electron chi connectivity index (χ1n) is 10.1. The van der Waals surface area contributed by atoms with Crippen LogP contribution in [0.5, 0.6) is 0 Å². The van der Waals surface area contributed by atoms with Crippen molar-refractivity contribution >= 4 is 56.8 Å². The lowest BCUT2D eigenvalue weighted by Crippen LogP contribution is -2.48. The number of rotatable bonds is 5. The van der Waals surface area contributed by atoms with Crippen LogP contribution in [0.1, 0.15) is 22.2 Å². The van der Waals surface area contributed by atoms with Gasteiger partial charge in [-0.05, 0) is 31.2 Å². The van der Waals surface area contributed by atoms with Gasteiger partial charge < -0.3 is 14.5 Å². The monoisotopic (exact) mass is 455 g/mol. The zero-order valence-electron chi connectivity index (χ0n) is 17.1. The van der Waals surface area contributed by atoms with Crippen molar-refractivity contribution in [3.63, 3.8) is 0 Å². The number of amides is 1. The van der Waals surface area contributed by atoms with Crippen molar-refractivity contribution in [1.29, 1.82) is 0 Å². The standard InChI is InChI=1S/C23H22ClN3O3S/c1-2-30-23(29)16-7-9-20(25-15-16)26-11-13-27(14-12-26)21(28)10-8-19-22(24)17-5-3-4-6-18(17)31-19/h3-10,15H,2,11-14H2,1H3/b10-8+. The van der Waals surface area contributed by atoms with Crippen molar-refractivity contribution in [2.45, 2.75) is 6.92 Å². The van der Waals surface area contributed by atoms with Gasteiger partial charge in [0.05, 0.1) is 17.2 Å². The summed E-state index contributed by atoms with van der Waals surface area (Å²) in [6.45, 7) is 4.66. The molecule has 8 heteroatoms. The summed E-state index contributed by atoms with van der Waals surface area (Å²) in [4.78, 5) is 33.6. The third kappa shape index (κ3) is 4.73. The minimum absolute atomic E-state index is 0.0289. The number of anilines is 1. The average molecular weight is 456 g/mol. The highest BCUT2D eigenvalue weighted by Crippen LogP contribution is 2.35. The normalized spacial score (nSPS) is 14.4. The van der Waals surface area contributed by atoms with Crippen LogP contribution in [0, 0.1) is 0 Å². The molecule has 0 N–H and O–H groups in total. The van der Waals surface area contributed by atoms with Gasteiger partial charge in [-0.1, -0.05) is 29.8 Å². The number of ether oxygens (including phenoxy) is 1. The Morgan fingerprint density at radius 1 is 1.16 bits per heavy atom. The summed E-state index contributed by atoms with van der Waals surface area (Å²) in [6, 6.07) is 11.5. The molecule has 4 rings (SSSR count). The summed E-state index contributed by atoms with van der Waals surface area (Å²) in [7, 11) is 0. The quantitative estimate of drug-likeness (QED) is 0.419. The first-order valence-corrected chi connectivity index (χ1v) is 11.3. The number of fused-ring (bicyclic) bond motifs is 1. The molecular formula is C23H22ClN3O3S. The fraction of sp³-hybridized carbons (Fsp3) is 0.261. The Labute approximate surface area is 189 Å². The van der Waals surface area contributed by atoms with E-state index in [0.717, 1.165) is 20.8 Å². The van der Waals surface area contributed by atoms with Gasteiger partial charge in [0, 0.05) is 53.4 Å². The van der Waals surface area contributed by atoms with Crippen LogP contribution in [-0.2, 0) is 9.53 Å². The first-order chi connectivity index (χ1) is 15.1. The minimum atomic E-state index is -0.373. The molecule has 2 aromatic heterocycles. The molecule has 0 saturated carbocycles. The zero-order chi connectivity index (χ0) is 21.8. The fourth-order valence-electron chi connectivity index (χ4n) is 3.46. The topological polar surface area (TPSA) is 62.7 Å². The molecule has 3 heterocycles. The summed E-state index contributed by atoms with van der Waals surface area (Å²) in [5.41, 5.74) is 0.435. The number of thiophene rings is 1. The molecule has 1 aromatic carbocycles. The maximum Gasteiger partial charge on any atom is 0.339 e. The first kappa shape index (κ1) is 21.3. The SMILES string of the molecule is CCOC(=O)c1ccc(N2CCN(C(=O)/C=C/c3sc4ccccc4c3Cl)CC2)nc1. The van der Waals surface area contributed by atoms with E-state index in [4.69, 9.17) is 16.3 Å². The van der Waals surface area contributed by atoms with Gasteiger partial charge in [-0.25, -0.2) is 9.78 Å². The number of aromatic nitrogens is 1. The highest BCUT2D eigenvalue weighted by Gasteiger charge is 2.21. The van der Waals surface area contributed by atoms with E-state index >= 15 is 0 Å². The Balaban J connectivity index is 1.35. The van der Waals surface area contributed by atoms with E-state index in [-0.39, 0.29) is 11.9 Å². The van der Waals surface area contributed by atoms with Crippen molar-refractivity contribution in [3.8, 4) is 0 Å². The lowest BCUT2D eigenvalue weighted by atomic mass is 10.2. The van der Waals surface area contributed by atoms with E-state index in [0.29, 0.717) is 43.4 Å². The Bertz CT molecular complexity index is 1120. The second-order valence-electron chi connectivity index (χ2n) is 7.05. The highest BCUT2D eigenvalue weighted by molar-refractivity contribution is 7.20. The molecule has 0 spiro atoms. The molecule has 1 fully saturated rings. The summed E-state index contributed by atoms with van der Waals surface area (Å²) < 4.78 is 6.09. The molecule has 0 bridgehead atoms. The third-order valence-corrected chi connectivity index (χ3v) is 6.77. The van der Waals surface area contributed by atoms with Crippen LogP contribution in [0.4, 0.5) is 5.82 Å². The summed E-state index contributed by atoms with van der Waals surface area (Å²) in [5.74, 6) is 0.383. The number of hydrogen-bond donors (Lipinski definition) is 0. The lowest BCUT2D eigenvalue weighted by molar-refractivity contribution is -0.126. The molecule has 0 radical (unpaired) electrons. The van der Waals surface area contributed by atoms with E-state index in [1.54, 1.807) is 36.5 Å². The fourth-order valence-corrected chi connectivity index (χ4v) is 4.86. The smallest absolute Gasteiger partial charge is 0.339 e. The second kappa shape index (κ2) is 9.49. The highest BCUT2D eigenvalue weighted by atomic mass is 35.5. The van der Waals surface area contributed by atoms with Gasteiger partial charge in [-0.15, -0.1) is 11.3 Å². The van der Waals surface area contributed by atoms with Crippen LogP contribution in [0.25, 0.3) is 16.2 Å². The van der Waals surface area contributed by atoms with Gasteiger partial charge in [-0.3, -0.25) is 4.79 Å². The Kier molecular flexibility index (Phi) is 6.53. The Hall–Kier alpha value is -2.90. The van der Waals surface area contributed by atoms with Crippen LogP contribution >= 0.6 is 22.9 Å². The average Bonchev–Trinajstić information content (AvgIpc) is 3.13. The molecule has 1 saturated heterocycles. The van der Waals surface area contributed by atoms with Crippen LogP contribution in [0.3, 0.4) is 0 Å². The molecule has 0 aliphatic carbocycles. The second-order valence-corrected chi connectivity index (χ2v) is 8.51. The summed E-state index contributed by atoms with van der Waals surface area (Å²) in [5, 5.41) is 1.70. The Morgan fingerprint density at radius 2 is 1.94 bits per heavy atom. The van der Waals surface area contributed by atoms with Crippen molar-refractivity contribution in [1.82, 2.24) is 9.88 Å². The maximum atomic E-state index is 12.6.